The molecule has 1 N–H and O–H groups in total. The lowest BCUT2D eigenvalue weighted by molar-refractivity contribution is 0.266. The second-order valence-corrected chi connectivity index (χ2v) is 6.49. The second kappa shape index (κ2) is 5.71. The second-order valence-electron chi connectivity index (χ2n) is 6.49. The van der Waals surface area contributed by atoms with E-state index in [1.54, 1.807) is 0 Å². The van der Waals surface area contributed by atoms with Gasteiger partial charge >= 0.3 is 0 Å². The van der Waals surface area contributed by atoms with Crippen LogP contribution in [0.2, 0.25) is 0 Å². The Hall–Kier alpha value is -0.0800. The first-order valence-corrected chi connectivity index (χ1v) is 7.87. The Morgan fingerprint density at radius 1 is 0.941 bits per heavy atom. The van der Waals surface area contributed by atoms with Crippen LogP contribution in [0, 0.1) is 11.8 Å². The van der Waals surface area contributed by atoms with Crippen molar-refractivity contribution in [2.24, 2.45) is 11.8 Å². The van der Waals surface area contributed by atoms with Crippen molar-refractivity contribution in [2.75, 3.05) is 26.2 Å². The Balaban J connectivity index is 1.34. The van der Waals surface area contributed by atoms with E-state index >= 15 is 0 Å². The third-order valence-electron chi connectivity index (χ3n) is 5.27. The van der Waals surface area contributed by atoms with Crippen LogP contribution in [0.15, 0.2) is 0 Å². The van der Waals surface area contributed by atoms with Crippen molar-refractivity contribution in [3.8, 4) is 0 Å². The molecule has 1 saturated heterocycles. The molecule has 2 saturated carbocycles. The number of fused-ring (bicyclic) bond motifs is 2. The summed E-state index contributed by atoms with van der Waals surface area (Å²) in [6, 6.07) is 0.876. The van der Waals surface area contributed by atoms with E-state index < -0.39 is 0 Å². The van der Waals surface area contributed by atoms with Gasteiger partial charge in [-0.1, -0.05) is 19.3 Å². The van der Waals surface area contributed by atoms with Crippen LogP contribution in [0.1, 0.15) is 51.4 Å². The van der Waals surface area contributed by atoms with Crippen LogP contribution < -0.4 is 5.32 Å². The van der Waals surface area contributed by atoms with Crippen molar-refractivity contribution in [3.63, 3.8) is 0 Å². The van der Waals surface area contributed by atoms with E-state index in [9.17, 15) is 0 Å². The normalized spacial score (nSPS) is 38.5. The minimum Gasteiger partial charge on any atom is -0.312 e. The molecule has 2 nitrogen and oxygen atoms in total. The summed E-state index contributed by atoms with van der Waals surface area (Å²) in [5.41, 5.74) is 0. The fourth-order valence-corrected chi connectivity index (χ4v) is 4.26. The van der Waals surface area contributed by atoms with Gasteiger partial charge in [0.15, 0.2) is 0 Å². The molecule has 1 aliphatic heterocycles. The lowest BCUT2D eigenvalue weighted by Gasteiger charge is -2.25. The van der Waals surface area contributed by atoms with E-state index in [0.717, 1.165) is 17.9 Å². The first-order valence-electron chi connectivity index (χ1n) is 7.87. The van der Waals surface area contributed by atoms with Gasteiger partial charge in [-0.3, -0.25) is 0 Å². The molecule has 2 aliphatic carbocycles. The molecule has 3 rings (SSSR count). The Bertz CT molecular complexity index is 233. The molecule has 3 aliphatic rings. The summed E-state index contributed by atoms with van der Waals surface area (Å²) in [7, 11) is 0. The molecule has 3 fully saturated rings. The Morgan fingerprint density at radius 3 is 2.41 bits per heavy atom. The summed E-state index contributed by atoms with van der Waals surface area (Å²) in [5.74, 6) is 2.11. The average Bonchev–Trinajstić information content (AvgIpc) is 2.85. The van der Waals surface area contributed by atoms with E-state index in [1.807, 2.05) is 0 Å². The summed E-state index contributed by atoms with van der Waals surface area (Å²) in [4.78, 5) is 2.67. The smallest absolute Gasteiger partial charge is 0.0107 e. The molecule has 17 heavy (non-hydrogen) atoms. The van der Waals surface area contributed by atoms with Crippen LogP contribution in [0.3, 0.4) is 0 Å². The van der Waals surface area contributed by atoms with Crippen molar-refractivity contribution in [3.05, 3.63) is 0 Å². The van der Waals surface area contributed by atoms with E-state index in [2.05, 4.69) is 10.2 Å². The maximum atomic E-state index is 3.84. The van der Waals surface area contributed by atoms with Crippen molar-refractivity contribution in [1.82, 2.24) is 10.2 Å². The van der Waals surface area contributed by atoms with Gasteiger partial charge in [0.2, 0.25) is 0 Å². The SMILES string of the molecule is C1CCCN(CCNC2CC3CCC2C3)CC1. The van der Waals surface area contributed by atoms with Gasteiger partial charge in [0.1, 0.15) is 0 Å². The van der Waals surface area contributed by atoms with Gasteiger partial charge in [-0.25, -0.2) is 0 Å². The van der Waals surface area contributed by atoms with Crippen molar-refractivity contribution < 1.29 is 0 Å². The highest BCUT2D eigenvalue weighted by Gasteiger charge is 2.38. The molecule has 0 aromatic rings. The van der Waals surface area contributed by atoms with E-state index in [1.165, 1.54) is 77.5 Å². The molecule has 0 aromatic heterocycles. The maximum Gasteiger partial charge on any atom is 0.0107 e. The summed E-state index contributed by atoms with van der Waals surface area (Å²) >= 11 is 0. The first-order chi connectivity index (χ1) is 8.42. The minimum absolute atomic E-state index is 0.876. The van der Waals surface area contributed by atoms with Crippen molar-refractivity contribution in [1.29, 1.82) is 0 Å². The molecule has 2 heteroatoms. The Morgan fingerprint density at radius 2 is 1.76 bits per heavy atom. The van der Waals surface area contributed by atoms with Gasteiger partial charge in [0.05, 0.1) is 0 Å². The Kier molecular flexibility index (Phi) is 4.02. The first kappa shape index (κ1) is 12.0. The van der Waals surface area contributed by atoms with Crippen molar-refractivity contribution in [2.45, 2.75) is 57.4 Å². The van der Waals surface area contributed by atoms with Crippen LogP contribution in [0.25, 0.3) is 0 Å². The van der Waals surface area contributed by atoms with Gasteiger partial charge in [0, 0.05) is 19.1 Å². The molecule has 0 radical (unpaired) electrons. The fourth-order valence-electron chi connectivity index (χ4n) is 4.26. The Labute approximate surface area is 106 Å². The molecule has 3 unspecified atom stereocenters. The van der Waals surface area contributed by atoms with Gasteiger partial charge in [-0.2, -0.15) is 0 Å². The van der Waals surface area contributed by atoms with Gasteiger partial charge in [-0.05, 0) is 57.0 Å². The van der Waals surface area contributed by atoms with Crippen LogP contribution in [0.5, 0.6) is 0 Å². The molecule has 3 atom stereocenters. The van der Waals surface area contributed by atoms with E-state index in [-0.39, 0.29) is 0 Å². The average molecular weight is 236 g/mol. The zero-order valence-corrected chi connectivity index (χ0v) is 11.2. The van der Waals surface area contributed by atoms with Crippen molar-refractivity contribution >= 4 is 0 Å². The van der Waals surface area contributed by atoms with Gasteiger partial charge < -0.3 is 10.2 Å². The largest absolute Gasteiger partial charge is 0.312 e. The molecule has 1 heterocycles. The lowest BCUT2D eigenvalue weighted by Crippen LogP contribution is -2.40. The van der Waals surface area contributed by atoms with E-state index in [4.69, 9.17) is 0 Å². The van der Waals surface area contributed by atoms with Crippen LogP contribution in [-0.2, 0) is 0 Å². The highest BCUT2D eigenvalue weighted by molar-refractivity contribution is 4.94. The zero-order chi connectivity index (χ0) is 11.5. The lowest BCUT2D eigenvalue weighted by atomic mass is 9.95. The minimum atomic E-state index is 0.876. The predicted octanol–water partition coefficient (Wildman–Crippen LogP) is 2.64. The quantitative estimate of drug-likeness (QED) is 0.807. The van der Waals surface area contributed by atoms with Crippen LogP contribution >= 0.6 is 0 Å². The number of likely N-dealkylation sites (tertiary alicyclic amines) is 1. The summed E-state index contributed by atoms with van der Waals surface area (Å²) < 4.78 is 0. The third kappa shape index (κ3) is 3.03. The standard InChI is InChI=1S/C15H28N2/c1-2-4-9-17(8-3-1)10-7-16-15-12-13-5-6-14(15)11-13/h13-16H,1-12H2. The molecule has 0 amide bonds. The number of hydrogen-bond donors (Lipinski definition) is 1. The number of rotatable bonds is 4. The molecular weight excluding hydrogens is 208 g/mol. The number of nitrogens with one attached hydrogen (secondary N) is 1. The molecule has 2 bridgehead atoms. The van der Waals surface area contributed by atoms with Crippen LogP contribution in [-0.4, -0.2) is 37.1 Å². The molecule has 98 valence electrons. The molecule has 0 spiro atoms. The van der Waals surface area contributed by atoms with Gasteiger partial charge in [-0.15, -0.1) is 0 Å². The summed E-state index contributed by atoms with van der Waals surface area (Å²) in [6.45, 7) is 5.21. The predicted molar refractivity (Wildman–Crippen MR) is 72.1 cm³/mol. The number of nitrogens with zero attached hydrogens (tertiary/aromatic N) is 1. The van der Waals surface area contributed by atoms with Crippen LogP contribution in [0.4, 0.5) is 0 Å². The topological polar surface area (TPSA) is 15.3 Å². The highest BCUT2D eigenvalue weighted by Crippen LogP contribution is 2.44. The van der Waals surface area contributed by atoms with Gasteiger partial charge in [0.25, 0.3) is 0 Å². The van der Waals surface area contributed by atoms with E-state index in [0.29, 0.717) is 0 Å². The zero-order valence-electron chi connectivity index (χ0n) is 11.2. The highest BCUT2D eigenvalue weighted by atomic mass is 15.1. The maximum absolute atomic E-state index is 3.84. The molecule has 0 aromatic carbocycles. The molecular formula is C15H28N2. The summed E-state index contributed by atoms with van der Waals surface area (Å²) in [6.07, 6.45) is 11.8. The third-order valence-corrected chi connectivity index (χ3v) is 5.27. The number of hydrogen-bond acceptors (Lipinski definition) is 2. The monoisotopic (exact) mass is 236 g/mol. The summed E-state index contributed by atoms with van der Waals surface area (Å²) in [5, 5.41) is 3.84. The fraction of sp³-hybridized carbons (Fsp3) is 1.00.